The molecule has 0 spiro atoms. The van der Waals surface area contributed by atoms with Crippen LogP contribution in [-0.4, -0.2) is 52.5 Å². The Morgan fingerprint density at radius 3 is 2.93 bits per heavy atom. The second kappa shape index (κ2) is 10.0. The summed E-state index contributed by atoms with van der Waals surface area (Å²) in [7, 11) is 0. The molecular weight excluding hydrogens is 372 g/mol. The summed E-state index contributed by atoms with van der Waals surface area (Å²) in [4.78, 5) is 24.9. The number of rotatable bonds is 0. The van der Waals surface area contributed by atoms with Crippen LogP contribution < -0.4 is 20.7 Å². The van der Waals surface area contributed by atoms with Crippen LogP contribution in [0.3, 0.4) is 0 Å². The van der Waals surface area contributed by atoms with Gasteiger partial charge in [0.2, 0.25) is 5.91 Å². The fourth-order valence-corrected chi connectivity index (χ4v) is 3.01. The second-order valence-electron chi connectivity index (χ2n) is 7.19. The monoisotopic (exact) mass is 400 g/mol. The van der Waals surface area contributed by atoms with Gasteiger partial charge in [-0.25, -0.2) is 0 Å². The van der Waals surface area contributed by atoms with Crippen molar-refractivity contribution in [2.45, 2.75) is 45.8 Å². The molecular formula is C20H28N6O3. The number of benzene rings is 1. The zero-order valence-corrected chi connectivity index (χ0v) is 16.9. The minimum atomic E-state index is -0.638. The fraction of sp³-hybridized carbons (Fsp3) is 0.500. The minimum Gasteiger partial charge on any atom is -0.493 e. The van der Waals surface area contributed by atoms with Crippen LogP contribution in [0.15, 0.2) is 24.4 Å². The van der Waals surface area contributed by atoms with Crippen molar-refractivity contribution in [3.63, 3.8) is 0 Å². The van der Waals surface area contributed by atoms with E-state index in [4.69, 9.17) is 4.74 Å². The molecule has 1 atom stereocenters. The summed E-state index contributed by atoms with van der Waals surface area (Å²) >= 11 is 0. The highest BCUT2D eigenvalue weighted by atomic mass is 16.5. The Morgan fingerprint density at radius 1 is 1.21 bits per heavy atom. The quantitative estimate of drug-likeness (QED) is 0.603. The van der Waals surface area contributed by atoms with Crippen molar-refractivity contribution < 1.29 is 14.3 Å². The van der Waals surface area contributed by atoms with Gasteiger partial charge >= 0.3 is 0 Å². The van der Waals surface area contributed by atoms with Gasteiger partial charge in [0.1, 0.15) is 11.8 Å². The first-order chi connectivity index (χ1) is 14.0. The summed E-state index contributed by atoms with van der Waals surface area (Å²) < 4.78 is 7.67. The third-order valence-electron chi connectivity index (χ3n) is 4.63. The molecule has 3 N–H and O–H groups in total. The van der Waals surface area contributed by atoms with Crippen molar-refractivity contribution in [1.29, 1.82) is 0 Å². The summed E-state index contributed by atoms with van der Waals surface area (Å²) in [5.74, 6) is -0.0338. The number of aryl methyl sites for hydroxylation is 2. The van der Waals surface area contributed by atoms with Crippen LogP contribution in [0.4, 0.5) is 0 Å². The number of carbonyl (C=O) groups excluding carboxylic acids is 2. The summed E-state index contributed by atoms with van der Waals surface area (Å²) in [5, 5.41) is 17.2. The molecule has 0 aliphatic carbocycles. The molecule has 9 nitrogen and oxygen atoms in total. The van der Waals surface area contributed by atoms with Gasteiger partial charge in [0.15, 0.2) is 0 Å². The van der Waals surface area contributed by atoms with E-state index in [-0.39, 0.29) is 11.8 Å². The van der Waals surface area contributed by atoms with Crippen molar-refractivity contribution in [3.05, 3.63) is 41.2 Å². The maximum Gasteiger partial charge on any atom is 0.255 e. The standard InChI is InChI=1S/C20H28N6O3/c1-14-5-6-17-18(11-14)29-10-4-9-26-13-16(24-25-26)12-21-7-3-8-22-19(27)15(2)23-20(17)28/h5-6,11,13,15,21H,3-4,7-10,12H2,1-2H3,(H,22,27)(H,23,28)/t15-/m1/s1. The van der Waals surface area contributed by atoms with Crippen LogP contribution >= 0.6 is 0 Å². The zero-order valence-electron chi connectivity index (χ0n) is 16.9. The van der Waals surface area contributed by atoms with E-state index in [1.54, 1.807) is 17.7 Å². The molecule has 0 saturated heterocycles. The molecule has 2 bridgehead atoms. The average molecular weight is 400 g/mol. The number of hydrogen-bond donors (Lipinski definition) is 3. The van der Waals surface area contributed by atoms with Gasteiger partial charge in [0, 0.05) is 32.3 Å². The Hall–Kier alpha value is -2.94. The van der Waals surface area contributed by atoms with Gasteiger partial charge in [-0.3, -0.25) is 14.3 Å². The van der Waals surface area contributed by atoms with Crippen LogP contribution in [-0.2, 0) is 17.9 Å². The Morgan fingerprint density at radius 2 is 2.07 bits per heavy atom. The van der Waals surface area contributed by atoms with Gasteiger partial charge in [-0.2, -0.15) is 0 Å². The average Bonchev–Trinajstić information content (AvgIpc) is 3.14. The number of hydrogen-bond acceptors (Lipinski definition) is 6. The largest absolute Gasteiger partial charge is 0.493 e. The van der Waals surface area contributed by atoms with Gasteiger partial charge < -0.3 is 20.7 Å². The van der Waals surface area contributed by atoms with Crippen molar-refractivity contribution in [1.82, 2.24) is 30.9 Å². The Bertz CT molecular complexity index is 850. The lowest BCUT2D eigenvalue weighted by Gasteiger charge is -2.16. The lowest BCUT2D eigenvalue weighted by Crippen LogP contribution is -2.45. The molecule has 0 unspecified atom stereocenters. The van der Waals surface area contributed by atoms with Crippen LogP contribution in [0.5, 0.6) is 5.75 Å². The first-order valence-corrected chi connectivity index (χ1v) is 9.94. The molecule has 0 radical (unpaired) electrons. The molecule has 1 aliphatic heterocycles. The van der Waals surface area contributed by atoms with Gasteiger partial charge in [-0.1, -0.05) is 11.3 Å². The summed E-state index contributed by atoms with van der Waals surface area (Å²) in [6, 6.07) is 4.77. The maximum absolute atomic E-state index is 12.7. The van der Waals surface area contributed by atoms with Crippen LogP contribution in [0.25, 0.3) is 0 Å². The zero-order chi connectivity index (χ0) is 20.6. The van der Waals surface area contributed by atoms with Crippen LogP contribution in [0.1, 0.15) is 41.4 Å². The molecule has 1 aliphatic rings. The number of ether oxygens (including phenoxy) is 1. The number of nitrogens with zero attached hydrogens (tertiary/aromatic N) is 3. The van der Waals surface area contributed by atoms with Crippen LogP contribution in [0.2, 0.25) is 0 Å². The Kier molecular flexibility index (Phi) is 7.18. The lowest BCUT2D eigenvalue weighted by molar-refractivity contribution is -0.122. The number of nitrogens with one attached hydrogen (secondary N) is 3. The van der Waals surface area contributed by atoms with Gasteiger partial charge in [0.25, 0.3) is 5.91 Å². The minimum absolute atomic E-state index is 0.214. The molecule has 0 saturated carbocycles. The maximum atomic E-state index is 12.7. The Balaban J connectivity index is 1.73. The first-order valence-electron chi connectivity index (χ1n) is 9.94. The fourth-order valence-electron chi connectivity index (χ4n) is 3.01. The molecule has 3 rings (SSSR count). The molecule has 2 aromatic rings. The normalized spacial score (nSPS) is 19.6. The van der Waals surface area contributed by atoms with E-state index in [2.05, 4.69) is 26.3 Å². The summed E-state index contributed by atoms with van der Waals surface area (Å²) in [6.07, 6.45) is 3.41. The van der Waals surface area contributed by atoms with E-state index in [1.807, 2.05) is 25.3 Å². The van der Waals surface area contributed by atoms with E-state index in [0.717, 1.165) is 30.6 Å². The van der Waals surface area contributed by atoms with Gasteiger partial charge in [0.05, 0.1) is 17.9 Å². The Labute approximate surface area is 170 Å². The molecule has 2 heterocycles. The number of carbonyl (C=O) groups is 2. The third-order valence-corrected chi connectivity index (χ3v) is 4.63. The molecule has 0 fully saturated rings. The SMILES string of the molecule is Cc1ccc2c(c1)OCCCn1cc(nn1)CNCCCNC(=O)[C@@H](C)NC2=O. The van der Waals surface area contributed by atoms with Gasteiger partial charge in [-0.05, 0) is 44.5 Å². The summed E-state index contributed by atoms with van der Waals surface area (Å²) in [5.41, 5.74) is 2.28. The van der Waals surface area contributed by atoms with Crippen molar-refractivity contribution in [3.8, 4) is 5.75 Å². The third kappa shape index (κ3) is 6.02. The molecule has 29 heavy (non-hydrogen) atoms. The molecule has 9 heteroatoms. The molecule has 156 valence electrons. The molecule has 2 amide bonds. The summed E-state index contributed by atoms with van der Waals surface area (Å²) in [6.45, 7) is 6.63. The van der Waals surface area contributed by atoms with Crippen molar-refractivity contribution >= 4 is 11.8 Å². The molecule has 1 aromatic heterocycles. The second-order valence-corrected chi connectivity index (χ2v) is 7.19. The lowest BCUT2D eigenvalue weighted by atomic mass is 10.1. The number of aromatic nitrogens is 3. The smallest absolute Gasteiger partial charge is 0.255 e. The van der Waals surface area contributed by atoms with E-state index >= 15 is 0 Å². The first kappa shape index (κ1) is 20.8. The number of amides is 2. The predicted molar refractivity (Wildman–Crippen MR) is 108 cm³/mol. The predicted octanol–water partition coefficient (Wildman–Crippen LogP) is 0.783. The highest BCUT2D eigenvalue weighted by Crippen LogP contribution is 2.21. The van der Waals surface area contributed by atoms with E-state index in [9.17, 15) is 9.59 Å². The van der Waals surface area contributed by atoms with E-state index in [1.165, 1.54) is 0 Å². The number of fused-ring (bicyclic) bond motifs is 3. The highest BCUT2D eigenvalue weighted by molar-refractivity contribution is 5.99. The van der Waals surface area contributed by atoms with Gasteiger partial charge in [-0.15, -0.1) is 5.10 Å². The van der Waals surface area contributed by atoms with Crippen molar-refractivity contribution in [2.24, 2.45) is 0 Å². The van der Waals surface area contributed by atoms with E-state index in [0.29, 0.717) is 37.6 Å². The molecule has 1 aromatic carbocycles. The highest BCUT2D eigenvalue weighted by Gasteiger charge is 2.19. The topological polar surface area (TPSA) is 110 Å². The van der Waals surface area contributed by atoms with Crippen molar-refractivity contribution in [2.75, 3.05) is 19.7 Å². The van der Waals surface area contributed by atoms with Crippen LogP contribution in [0, 0.1) is 6.92 Å². The van der Waals surface area contributed by atoms with E-state index < -0.39 is 6.04 Å².